The zero-order valence-corrected chi connectivity index (χ0v) is 32.7. The molecule has 2 nitrogen and oxygen atoms in total. The Bertz CT molecular complexity index is 2900. The van der Waals surface area contributed by atoms with Crippen molar-refractivity contribution in [1.29, 1.82) is 0 Å². The molecule has 0 bridgehead atoms. The third-order valence-electron chi connectivity index (χ3n) is 13.8. The van der Waals surface area contributed by atoms with Crippen molar-refractivity contribution in [2.75, 3.05) is 9.80 Å². The lowest BCUT2D eigenvalue weighted by atomic mass is 9.70. The predicted octanol–water partition coefficient (Wildman–Crippen LogP) is 14.2. The molecule has 0 saturated heterocycles. The summed E-state index contributed by atoms with van der Waals surface area (Å²) in [5, 5.41) is 0. The maximum absolute atomic E-state index is 2.55. The van der Waals surface area contributed by atoms with Crippen molar-refractivity contribution >= 4 is 34.1 Å². The summed E-state index contributed by atoms with van der Waals surface area (Å²) in [6.07, 6.45) is 0. The molecule has 2 aliphatic carbocycles. The van der Waals surface area contributed by atoms with Crippen LogP contribution in [0.2, 0.25) is 0 Å². The van der Waals surface area contributed by atoms with Gasteiger partial charge in [-0.3, -0.25) is 0 Å². The van der Waals surface area contributed by atoms with Gasteiger partial charge in [0.25, 0.3) is 0 Å². The van der Waals surface area contributed by atoms with E-state index >= 15 is 0 Å². The largest absolute Gasteiger partial charge is 0.310 e. The fourth-order valence-corrected chi connectivity index (χ4v) is 11.4. The van der Waals surface area contributed by atoms with Gasteiger partial charge in [-0.25, -0.2) is 0 Å². The van der Waals surface area contributed by atoms with Crippen LogP contribution in [0.15, 0.2) is 182 Å². The fourth-order valence-electron chi connectivity index (χ4n) is 11.4. The van der Waals surface area contributed by atoms with Gasteiger partial charge in [0.15, 0.2) is 0 Å². The number of fused-ring (bicyclic) bond motifs is 14. The van der Waals surface area contributed by atoms with Crippen LogP contribution in [0.25, 0.3) is 22.3 Å². The molecule has 2 aliphatic heterocycles. The van der Waals surface area contributed by atoms with E-state index < -0.39 is 5.41 Å². The van der Waals surface area contributed by atoms with E-state index in [9.17, 15) is 0 Å². The third-order valence-corrected chi connectivity index (χ3v) is 13.8. The summed E-state index contributed by atoms with van der Waals surface area (Å²) in [5.74, 6) is 0. The van der Waals surface area contributed by atoms with E-state index in [1.165, 1.54) is 101 Å². The Morgan fingerprint density at radius 2 is 0.684 bits per heavy atom. The quantitative estimate of drug-likeness (QED) is 0.175. The molecule has 1 spiro atoms. The smallest absolute Gasteiger partial charge is 0.0727 e. The van der Waals surface area contributed by atoms with Crippen LogP contribution in [0.5, 0.6) is 0 Å². The van der Waals surface area contributed by atoms with Crippen LogP contribution in [-0.2, 0) is 16.2 Å². The Balaban J connectivity index is 1.15. The summed E-state index contributed by atoms with van der Waals surface area (Å²) in [7, 11) is 0. The summed E-state index contributed by atoms with van der Waals surface area (Å²) in [6.45, 7) is 9.46. The number of anilines is 6. The summed E-state index contributed by atoms with van der Waals surface area (Å²) in [5.41, 5.74) is 22.5. The summed E-state index contributed by atoms with van der Waals surface area (Å²) < 4.78 is 0. The first-order valence-corrected chi connectivity index (χ1v) is 20.3. The van der Waals surface area contributed by atoms with Gasteiger partial charge in [0.1, 0.15) is 0 Å². The standard InChI is InChI=1S/C55H42N2/c1-53(2)41-22-9-13-27-47(41)56(48-28-14-10-23-42(48)53)35-32-33-37-36-18-5-7-20-39(36)55(46(37)34-35)40-21-8-6-19-38(40)52-45(55)26-17-31-51(52)57-49-29-15-11-24-43(49)54(3,4)44-25-12-16-30-50(44)57/h5-34H,1-4H3. The van der Waals surface area contributed by atoms with Crippen molar-refractivity contribution in [2.24, 2.45) is 0 Å². The van der Waals surface area contributed by atoms with Crippen molar-refractivity contribution in [1.82, 2.24) is 0 Å². The molecule has 8 aromatic carbocycles. The van der Waals surface area contributed by atoms with Gasteiger partial charge >= 0.3 is 0 Å². The molecule has 0 aromatic heterocycles. The zero-order chi connectivity index (χ0) is 38.3. The first-order valence-electron chi connectivity index (χ1n) is 20.3. The highest BCUT2D eigenvalue weighted by Crippen LogP contribution is 2.66. The highest BCUT2D eigenvalue weighted by atomic mass is 15.2. The highest BCUT2D eigenvalue weighted by molar-refractivity contribution is 6.03. The molecule has 2 heterocycles. The fraction of sp³-hybridized carbons (Fsp3) is 0.127. The molecule has 1 atom stereocenters. The lowest BCUT2D eigenvalue weighted by Gasteiger charge is -2.42. The van der Waals surface area contributed by atoms with E-state index in [4.69, 9.17) is 0 Å². The van der Waals surface area contributed by atoms with Crippen molar-refractivity contribution in [2.45, 2.75) is 43.9 Å². The van der Waals surface area contributed by atoms with Crippen LogP contribution in [-0.4, -0.2) is 0 Å². The van der Waals surface area contributed by atoms with Crippen LogP contribution in [0.1, 0.15) is 72.2 Å². The number of hydrogen-bond acceptors (Lipinski definition) is 2. The van der Waals surface area contributed by atoms with Gasteiger partial charge in [0.2, 0.25) is 0 Å². The first-order chi connectivity index (χ1) is 27.8. The molecule has 4 aliphatic rings. The topological polar surface area (TPSA) is 6.48 Å². The van der Waals surface area contributed by atoms with E-state index in [0.717, 1.165) is 0 Å². The van der Waals surface area contributed by atoms with E-state index in [1.54, 1.807) is 0 Å². The maximum Gasteiger partial charge on any atom is 0.0727 e. The Hall–Kier alpha value is -6.64. The second-order valence-corrected chi connectivity index (χ2v) is 17.3. The van der Waals surface area contributed by atoms with Crippen LogP contribution in [0.4, 0.5) is 34.1 Å². The Kier molecular flexibility index (Phi) is 6.42. The number of hydrogen-bond donors (Lipinski definition) is 0. The second kappa shape index (κ2) is 11.2. The average molecular weight is 731 g/mol. The molecule has 8 aromatic rings. The van der Waals surface area contributed by atoms with Gasteiger partial charge in [-0.05, 0) is 104 Å². The molecule has 0 amide bonds. The Morgan fingerprint density at radius 3 is 1.23 bits per heavy atom. The average Bonchev–Trinajstić information content (AvgIpc) is 3.72. The minimum absolute atomic E-state index is 0.126. The van der Waals surface area contributed by atoms with E-state index in [1.807, 2.05) is 0 Å². The van der Waals surface area contributed by atoms with Gasteiger partial charge in [-0.15, -0.1) is 0 Å². The molecule has 2 heteroatoms. The van der Waals surface area contributed by atoms with Gasteiger partial charge in [-0.1, -0.05) is 167 Å². The van der Waals surface area contributed by atoms with Gasteiger partial charge < -0.3 is 9.80 Å². The number of nitrogens with zero attached hydrogens (tertiary/aromatic N) is 2. The highest BCUT2D eigenvalue weighted by Gasteiger charge is 2.53. The van der Waals surface area contributed by atoms with Crippen molar-refractivity contribution in [3.8, 4) is 22.3 Å². The summed E-state index contributed by atoms with van der Waals surface area (Å²) >= 11 is 0. The van der Waals surface area contributed by atoms with Crippen LogP contribution in [0, 0.1) is 0 Å². The molecule has 1 unspecified atom stereocenters. The molecular formula is C55H42N2. The second-order valence-electron chi connectivity index (χ2n) is 17.3. The molecular weight excluding hydrogens is 689 g/mol. The molecule has 272 valence electrons. The van der Waals surface area contributed by atoms with Gasteiger partial charge in [-0.2, -0.15) is 0 Å². The number of rotatable bonds is 2. The normalized spacial score (nSPS) is 18.1. The third kappa shape index (κ3) is 4.00. The number of para-hydroxylation sites is 4. The van der Waals surface area contributed by atoms with Crippen LogP contribution < -0.4 is 9.80 Å². The minimum Gasteiger partial charge on any atom is -0.310 e. The summed E-state index contributed by atoms with van der Waals surface area (Å²) in [4.78, 5) is 5.06. The van der Waals surface area contributed by atoms with Crippen molar-refractivity contribution in [3.63, 3.8) is 0 Å². The van der Waals surface area contributed by atoms with E-state index in [0.29, 0.717) is 0 Å². The monoisotopic (exact) mass is 730 g/mol. The summed E-state index contributed by atoms with van der Waals surface area (Å²) in [6, 6.07) is 68.7. The van der Waals surface area contributed by atoms with Crippen molar-refractivity contribution in [3.05, 3.63) is 226 Å². The Morgan fingerprint density at radius 1 is 0.298 bits per heavy atom. The molecule has 0 radical (unpaired) electrons. The molecule has 0 N–H and O–H groups in total. The van der Waals surface area contributed by atoms with Gasteiger partial charge in [0.05, 0.1) is 33.9 Å². The minimum atomic E-state index is -0.508. The van der Waals surface area contributed by atoms with Crippen molar-refractivity contribution < 1.29 is 0 Å². The van der Waals surface area contributed by atoms with Crippen LogP contribution in [0.3, 0.4) is 0 Å². The molecule has 0 saturated carbocycles. The number of benzene rings is 8. The van der Waals surface area contributed by atoms with Gasteiger partial charge in [0, 0.05) is 22.1 Å². The molecule has 12 rings (SSSR count). The lowest BCUT2D eigenvalue weighted by Crippen LogP contribution is -2.31. The molecule has 57 heavy (non-hydrogen) atoms. The van der Waals surface area contributed by atoms with Crippen LogP contribution >= 0.6 is 0 Å². The SMILES string of the molecule is CC1(C)c2ccccc2N(c2ccc3c(c2)C2(c4ccccc4-3)c3ccccc3-c3c(N4c5ccccc5C(C)(C)c5ccccc54)cccc32)c2ccccc21. The van der Waals surface area contributed by atoms with E-state index in [-0.39, 0.29) is 10.8 Å². The molecule has 0 fully saturated rings. The first kappa shape index (κ1) is 32.6. The Labute approximate surface area is 335 Å². The zero-order valence-electron chi connectivity index (χ0n) is 32.7. The predicted molar refractivity (Wildman–Crippen MR) is 236 cm³/mol. The maximum atomic E-state index is 2.55. The van der Waals surface area contributed by atoms with E-state index in [2.05, 4.69) is 219 Å². The lowest BCUT2D eigenvalue weighted by molar-refractivity contribution is 0.632.